The molecule has 0 radical (unpaired) electrons. The Bertz CT molecular complexity index is 983. The topological polar surface area (TPSA) is 64.6 Å². The molecule has 0 fully saturated rings. The van der Waals surface area contributed by atoms with Crippen molar-refractivity contribution in [3.05, 3.63) is 101 Å². The standard InChI is InChI=1S/C23H20FNO4/c1-28-20-13-9-16(10-14-20)21(15-7-11-19(24)12-8-15)25-22(26)17-3-5-18(6-4-17)23(27)29-2/h3-14,21H,1-2H3,(H,25,26). The van der Waals surface area contributed by atoms with Gasteiger partial charge in [0.15, 0.2) is 0 Å². The number of hydrogen-bond donors (Lipinski definition) is 1. The molecule has 3 aromatic carbocycles. The highest BCUT2D eigenvalue weighted by atomic mass is 19.1. The van der Waals surface area contributed by atoms with Crippen LogP contribution in [0.1, 0.15) is 37.9 Å². The number of methoxy groups -OCH3 is 2. The summed E-state index contributed by atoms with van der Waals surface area (Å²) < 4.78 is 23.2. The molecular formula is C23H20FNO4. The Morgan fingerprint density at radius 1 is 0.793 bits per heavy atom. The van der Waals surface area contributed by atoms with Gasteiger partial charge in [0.2, 0.25) is 0 Å². The summed E-state index contributed by atoms with van der Waals surface area (Å²) in [6, 6.07) is 18.9. The van der Waals surface area contributed by atoms with Gasteiger partial charge in [-0.05, 0) is 59.7 Å². The molecule has 1 N–H and O–H groups in total. The summed E-state index contributed by atoms with van der Waals surface area (Å²) in [6.45, 7) is 0. The molecule has 5 nitrogen and oxygen atoms in total. The van der Waals surface area contributed by atoms with E-state index in [9.17, 15) is 14.0 Å². The average molecular weight is 393 g/mol. The van der Waals surface area contributed by atoms with Crippen LogP contribution in [0.3, 0.4) is 0 Å². The second kappa shape index (κ2) is 9.01. The number of amides is 1. The molecule has 0 aromatic heterocycles. The summed E-state index contributed by atoms with van der Waals surface area (Å²) in [7, 11) is 2.87. The Labute approximate surface area is 168 Å². The molecular weight excluding hydrogens is 373 g/mol. The van der Waals surface area contributed by atoms with E-state index in [-0.39, 0.29) is 11.7 Å². The molecule has 0 heterocycles. The third kappa shape index (κ3) is 4.79. The Hall–Kier alpha value is -3.67. The van der Waals surface area contributed by atoms with E-state index in [2.05, 4.69) is 10.1 Å². The van der Waals surface area contributed by atoms with Crippen molar-refractivity contribution in [2.45, 2.75) is 6.04 Å². The Morgan fingerprint density at radius 2 is 1.31 bits per heavy atom. The maximum absolute atomic E-state index is 13.4. The maximum atomic E-state index is 13.4. The summed E-state index contributed by atoms with van der Waals surface area (Å²) in [5, 5.41) is 2.97. The van der Waals surface area contributed by atoms with Gasteiger partial charge in [-0.15, -0.1) is 0 Å². The molecule has 0 saturated heterocycles. The fraction of sp³-hybridized carbons (Fsp3) is 0.130. The van der Waals surface area contributed by atoms with Crippen molar-refractivity contribution in [3.8, 4) is 5.75 Å². The van der Waals surface area contributed by atoms with Gasteiger partial charge in [0.25, 0.3) is 5.91 Å². The number of benzene rings is 3. The number of rotatable bonds is 6. The number of carbonyl (C=O) groups excluding carboxylic acids is 2. The van der Waals surface area contributed by atoms with E-state index in [1.54, 1.807) is 43.5 Å². The predicted molar refractivity (Wildman–Crippen MR) is 106 cm³/mol. The molecule has 0 aliphatic carbocycles. The van der Waals surface area contributed by atoms with E-state index in [4.69, 9.17) is 4.74 Å². The van der Waals surface area contributed by atoms with Crippen molar-refractivity contribution in [2.75, 3.05) is 14.2 Å². The van der Waals surface area contributed by atoms with E-state index in [1.807, 2.05) is 12.1 Å². The molecule has 6 heteroatoms. The van der Waals surface area contributed by atoms with Crippen LogP contribution in [0, 0.1) is 5.82 Å². The Morgan fingerprint density at radius 3 is 1.83 bits per heavy atom. The van der Waals surface area contributed by atoms with Gasteiger partial charge in [-0.2, -0.15) is 0 Å². The van der Waals surface area contributed by atoms with E-state index >= 15 is 0 Å². The van der Waals surface area contributed by atoms with Gasteiger partial charge in [-0.1, -0.05) is 24.3 Å². The first kappa shape index (κ1) is 20.1. The lowest BCUT2D eigenvalue weighted by Gasteiger charge is -2.20. The summed E-state index contributed by atoms with van der Waals surface area (Å²) in [5.74, 6) is -0.464. The first-order chi connectivity index (χ1) is 14.0. The van der Waals surface area contributed by atoms with Crippen LogP contribution in [0.2, 0.25) is 0 Å². The van der Waals surface area contributed by atoms with Crippen molar-refractivity contribution in [2.24, 2.45) is 0 Å². The van der Waals surface area contributed by atoms with Crippen LogP contribution in [-0.4, -0.2) is 26.1 Å². The molecule has 1 atom stereocenters. The highest BCUT2D eigenvalue weighted by molar-refractivity contribution is 5.96. The first-order valence-electron chi connectivity index (χ1n) is 8.90. The third-order valence-corrected chi connectivity index (χ3v) is 4.50. The Kier molecular flexibility index (Phi) is 6.24. The van der Waals surface area contributed by atoms with Crippen molar-refractivity contribution < 1.29 is 23.5 Å². The lowest BCUT2D eigenvalue weighted by Crippen LogP contribution is -2.29. The first-order valence-corrected chi connectivity index (χ1v) is 8.90. The molecule has 0 aliphatic heterocycles. The predicted octanol–water partition coefficient (Wildman–Crippen LogP) is 4.14. The number of carbonyl (C=O) groups is 2. The van der Waals surface area contributed by atoms with E-state index in [1.165, 1.54) is 31.4 Å². The van der Waals surface area contributed by atoms with Crippen LogP contribution >= 0.6 is 0 Å². The van der Waals surface area contributed by atoms with Crippen LogP contribution < -0.4 is 10.1 Å². The SMILES string of the molecule is COC(=O)c1ccc(C(=O)NC(c2ccc(F)cc2)c2ccc(OC)cc2)cc1. The van der Waals surface area contributed by atoms with Gasteiger partial charge < -0.3 is 14.8 Å². The van der Waals surface area contributed by atoms with Crippen LogP contribution in [0.4, 0.5) is 4.39 Å². The molecule has 1 unspecified atom stereocenters. The molecule has 0 bridgehead atoms. The lowest BCUT2D eigenvalue weighted by molar-refractivity contribution is 0.0600. The average Bonchev–Trinajstić information content (AvgIpc) is 2.77. The summed E-state index contributed by atoms with van der Waals surface area (Å²) in [6.07, 6.45) is 0. The zero-order valence-corrected chi connectivity index (χ0v) is 16.0. The number of nitrogens with one attached hydrogen (secondary N) is 1. The minimum Gasteiger partial charge on any atom is -0.497 e. The number of esters is 1. The van der Waals surface area contributed by atoms with Crippen LogP contribution in [-0.2, 0) is 4.74 Å². The van der Waals surface area contributed by atoms with Gasteiger partial charge in [0.05, 0.1) is 25.8 Å². The van der Waals surface area contributed by atoms with Crippen molar-refractivity contribution in [1.29, 1.82) is 0 Å². The second-order valence-corrected chi connectivity index (χ2v) is 6.30. The quantitative estimate of drug-likeness (QED) is 0.640. The normalized spacial score (nSPS) is 11.4. The molecule has 29 heavy (non-hydrogen) atoms. The molecule has 0 aliphatic rings. The highest BCUT2D eigenvalue weighted by Crippen LogP contribution is 2.25. The zero-order chi connectivity index (χ0) is 20.8. The molecule has 0 saturated carbocycles. The second-order valence-electron chi connectivity index (χ2n) is 6.30. The van der Waals surface area contributed by atoms with Gasteiger partial charge in [-0.3, -0.25) is 4.79 Å². The minimum atomic E-state index is -0.491. The third-order valence-electron chi connectivity index (χ3n) is 4.50. The largest absolute Gasteiger partial charge is 0.497 e. The molecule has 1 amide bonds. The summed E-state index contributed by atoms with van der Waals surface area (Å²) >= 11 is 0. The summed E-state index contributed by atoms with van der Waals surface area (Å²) in [4.78, 5) is 24.4. The fourth-order valence-electron chi connectivity index (χ4n) is 2.90. The smallest absolute Gasteiger partial charge is 0.337 e. The van der Waals surface area contributed by atoms with Crippen molar-refractivity contribution in [1.82, 2.24) is 5.32 Å². The van der Waals surface area contributed by atoms with Crippen LogP contribution in [0.25, 0.3) is 0 Å². The van der Waals surface area contributed by atoms with Crippen LogP contribution in [0.5, 0.6) is 5.75 Å². The van der Waals surface area contributed by atoms with E-state index < -0.39 is 12.0 Å². The van der Waals surface area contributed by atoms with Gasteiger partial charge in [-0.25, -0.2) is 9.18 Å². The lowest BCUT2D eigenvalue weighted by atomic mass is 9.98. The fourth-order valence-corrected chi connectivity index (χ4v) is 2.90. The van der Waals surface area contributed by atoms with Crippen molar-refractivity contribution >= 4 is 11.9 Å². The monoisotopic (exact) mass is 393 g/mol. The molecule has 3 aromatic rings. The molecule has 0 spiro atoms. The maximum Gasteiger partial charge on any atom is 0.337 e. The number of ether oxygens (including phenoxy) is 2. The van der Waals surface area contributed by atoms with Crippen molar-refractivity contribution in [3.63, 3.8) is 0 Å². The van der Waals surface area contributed by atoms with Crippen LogP contribution in [0.15, 0.2) is 72.8 Å². The molecule has 3 rings (SSSR count). The minimum absolute atomic E-state index is 0.327. The number of halogens is 1. The Balaban J connectivity index is 1.88. The van der Waals surface area contributed by atoms with E-state index in [0.29, 0.717) is 16.9 Å². The summed E-state index contributed by atoms with van der Waals surface area (Å²) in [5.41, 5.74) is 2.29. The van der Waals surface area contributed by atoms with Gasteiger partial charge in [0, 0.05) is 5.56 Å². The van der Waals surface area contributed by atoms with Gasteiger partial charge in [0.1, 0.15) is 11.6 Å². The molecule has 148 valence electrons. The highest BCUT2D eigenvalue weighted by Gasteiger charge is 2.19. The number of hydrogen-bond acceptors (Lipinski definition) is 4. The van der Waals surface area contributed by atoms with E-state index in [0.717, 1.165) is 11.1 Å². The zero-order valence-electron chi connectivity index (χ0n) is 16.0. The van der Waals surface area contributed by atoms with Gasteiger partial charge >= 0.3 is 5.97 Å².